The third-order valence-corrected chi connectivity index (χ3v) is 10.2. The van der Waals surface area contributed by atoms with Crippen LogP contribution in [0.2, 0.25) is 0 Å². The second kappa shape index (κ2) is 18.3. The van der Waals surface area contributed by atoms with Gasteiger partial charge >= 0.3 is 0 Å². The van der Waals surface area contributed by atoms with Crippen LogP contribution in [0.3, 0.4) is 0 Å². The molecule has 7 heteroatoms. The molecule has 0 spiro atoms. The van der Waals surface area contributed by atoms with E-state index in [2.05, 4.69) is 48.5 Å². The van der Waals surface area contributed by atoms with Crippen molar-refractivity contribution in [3.63, 3.8) is 0 Å². The summed E-state index contributed by atoms with van der Waals surface area (Å²) in [4.78, 5) is 2.20. The van der Waals surface area contributed by atoms with Gasteiger partial charge < -0.3 is 19.7 Å². The maximum absolute atomic E-state index is 10.3. The fourth-order valence-corrected chi connectivity index (χ4v) is 7.45. The van der Waals surface area contributed by atoms with Crippen LogP contribution in [0.5, 0.6) is 11.5 Å². The zero-order chi connectivity index (χ0) is 30.3. The number of hydrogen-bond donors (Lipinski definition) is 2. The molecule has 228 valence electrons. The average molecular weight is 635 g/mol. The van der Waals surface area contributed by atoms with E-state index in [0.29, 0.717) is 0 Å². The molecule has 43 heavy (non-hydrogen) atoms. The summed E-state index contributed by atoms with van der Waals surface area (Å²) in [6.45, 7) is 1.59. The highest BCUT2D eigenvalue weighted by Gasteiger charge is 2.12. The first-order valence-corrected chi connectivity index (χ1v) is 17.8. The number of hydrogen-bond acceptors (Lipinski definition) is 7. The number of rotatable bonds is 18. The first kappa shape index (κ1) is 33.3. The van der Waals surface area contributed by atoms with Gasteiger partial charge in [0, 0.05) is 35.5 Å². The van der Waals surface area contributed by atoms with Gasteiger partial charge in [-0.05, 0) is 107 Å². The van der Waals surface area contributed by atoms with Crippen molar-refractivity contribution in [1.82, 2.24) is 0 Å². The molecule has 0 heterocycles. The lowest BCUT2D eigenvalue weighted by Crippen LogP contribution is -1.97. The summed E-state index contributed by atoms with van der Waals surface area (Å²) in [6.07, 6.45) is 3.56. The van der Waals surface area contributed by atoms with Crippen LogP contribution in [-0.2, 0) is 35.2 Å². The summed E-state index contributed by atoms with van der Waals surface area (Å²) < 4.78 is 10.3. The third-order valence-electron chi connectivity index (χ3n) is 7.08. The van der Waals surface area contributed by atoms with Gasteiger partial charge in [0.05, 0.1) is 13.2 Å². The van der Waals surface area contributed by atoms with E-state index in [9.17, 15) is 10.2 Å². The smallest absolute Gasteiger partial charge is 0.115 e. The van der Waals surface area contributed by atoms with E-state index >= 15 is 0 Å². The number of phenols is 2. The van der Waals surface area contributed by atoms with Gasteiger partial charge in [-0.2, -0.15) is 23.5 Å². The van der Waals surface area contributed by atoms with E-state index < -0.39 is 0 Å². The maximum Gasteiger partial charge on any atom is 0.115 e. The van der Waals surface area contributed by atoms with E-state index in [1.807, 2.05) is 47.8 Å². The predicted molar refractivity (Wildman–Crippen MR) is 185 cm³/mol. The second-order valence-corrected chi connectivity index (χ2v) is 13.9. The molecule has 0 amide bonds. The molecule has 0 bridgehead atoms. The van der Waals surface area contributed by atoms with Crippen molar-refractivity contribution < 1.29 is 19.7 Å². The molecule has 0 saturated heterocycles. The molecular weight excluding hydrogens is 593 g/mol. The summed E-state index contributed by atoms with van der Waals surface area (Å²) in [7, 11) is 3.48. The van der Waals surface area contributed by atoms with Crippen LogP contribution in [0.25, 0.3) is 0 Å². The van der Waals surface area contributed by atoms with Crippen molar-refractivity contribution in [2.75, 3.05) is 50.4 Å². The standard InChI is InChI=1S/C36H42O4S3/c1-39-17-21-41-19-15-27-3-7-29(8-4-27)23-31-25-33(37)11-13-35(31)43-36-14-12-34(38)26-32(36)24-30-9-5-28(6-10-30)16-20-42-22-18-40-2/h3-14,25-26,37-38H,15-24H2,1-2H3. The largest absolute Gasteiger partial charge is 0.508 e. The Labute approximate surface area is 269 Å². The van der Waals surface area contributed by atoms with Gasteiger partial charge in [-0.15, -0.1) is 0 Å². The summed E-state index contributed by atoms with van der Waals surface area (Å²) in [5.41, 5.74) is 7.26. The fourth-order valence-electron chi connectivity index (χ4n) is 4.68. The molecule has 4 rings (SSSR count). The van der Waals surface area contributed by atoms with Crippen LogP contribution in [0, 0.1) is 0 Å². The Balaban J connectivity index is 1.42. The number of ether oxygens (including phenoxy) is 2. The topological polar surface area (TPSA) is 58.9 Å². The lowest BCUT2D eigenvalue weighted by atomic mass is 10.0. The minimum absolute atomic E-state index is 0.271. The molecule has 4 aromatic carbocycles. The van der Waals surface area contributed by atoms with Gasteiger partial charge in [0.1, 0.15) is 11.5 Å². The summed E-state index contributed by atoms with van der Waals surface area (Å²) >= 11 is 5.52. The van der Waals surface area contributed by atoms with Crippen LogP contribution in [-0.4, -0.2) is 60.7 Å². The Hall–Kier alpha value is -2.55. The zero-order valence-corrected chi connectivity index (χ0v) is 27.5. The first-order chi connectivity index (χ1) is 21.0. The number of aryl methyl sites for hydroxylation is 2. The average Bonchev–Trinajstić information content (AvgIpc) is 3.01. The van der Waals surface area contributed by atoms with Gasteiger partial charge in [0.25, 0.3) is 0 Å². The number of aromatic hydroxyl groups is 2. The molecular formula is C36H42O4S3. The maximum atomic E-state index is 10.3. The molecule has 0 atom stereocenters. The Morgan fingerprint density at radius 2 is 0.907 bits per heavy atom. The second-order valence-electron chi connectivity index (χ2n) is 10.4. The summed E-state index contributed by atoms with van der Waals surface area (Å²) in [5, 5.41) is 20.6. The molecule has 0 unspecified atom stereocenters. The van der Waals surface area contributed by atoms with E-state index in [1.54, 1.807) is 38.1 Å². The van der Waals surface area contributed by atoms with Crippen LogP contribution in [0.15, 0.2) is 94.7 Å². The summed E-state index contributed by atoms with van der Waals surface area (Å²) in [5.74, 6) is 4.76. The SMILES string of the molecule is COCCSCCc1ccc(Cc2cc(O)ccc2Sc2ccc(O)cc2Cc2ccc(CCSCCOC)cc2)cc1. The highest BCUT2D eigenvalue weighted by molar-refractivity contribution is 7.99. The third kappa shape index (κ3) is 11.5. The van der Waals surface area contributed by atoms with Crippen molar-refractivity contribution in [3.8, 4) is 11.5 Å². The monoisotopic (exact) mass is 634 g/mol. The molecule has 0 radical (unpaired) electrons. The van der Waals surface area contributed by atoms with Crippen LogP contribution in [0.1, 0.15) is 33.4 Å². The van der Waals surface area contributed by atoms with Gasteiger partial charge in [-0.3, -0.25) is 0 Å². The molecule has 4 nitrogen and oxygen atoms in total. The van der Waals surface area contributed by atoms with Gasteiger partial charge in [0.15, 0.2) is 0 Å². The van der Waals surface area contributed by atoms with Crippen molar-refractivity contribution in [2.24, 2.45) is 0 Å². The molecule has 0 saturated carbocycles. The minimum atomic E-state index is 0.271. The van der Waals surface area contributed by atoms with Crippen molar-refractivity contribution in [3.05, 3.63) is 118 Å². The number of methoxy groups -OCH3 is 2. The Bertz CT molecular complexity index is 1280. The number of phenolic OH excluding ortho intramolecular Hbond substituents is 2. The van der Waals surface area contributed by atoms with Crippen molar-refractivity contribution in [1.29, 1.82) is 0 Å². The van der Waals surface area contributed by atoms with Crippen LogP contribution >= 0.6 is 35.3 Å². The zero-order valence-electron chi connectivity index (χ0n) is 25.1. The van der Waals surface area contributed by atoms with E-state index in [0.717, 1.165) is 82.8 Å². The number of thioether (sulfide) groups is 2. The quantitative estimate of drug-likeness (QED) is 0.107. The van der Waals surface area contributed by atoms with E-state index in [1.165, 1.54) is 22.3 Å². The normalized spacial score (nSPS) is 11.2. The lowest BCUT2D eigenvalue weighted by Gasteiger charge is -2.14. The fraction of sp³-hybridized carbons (Fsp3) is 0.333. The molecule has 0 aliphatic rings. The summed E-state index contributed by atoms with van der Waals surface area (Å²) in [6, 6.07) is 28.9. The van der Waals surface area contributed by atoms with Crippen molar-refractivity contribution >= 4 is 35.3 Å². The number of benzene rings is 4. The van der Waals surface area contributed by atoms with Crippen LogP contribution < -0.4 is 0 Å². The lowest BCUT2D eigenvalue weighted by molar-refractivity contribution is 0.218. The van der Waals surface area contributed by atoms with Crippen molar-refractivity contribution in [2.45, 2.75) is 35.5 Å². The highest BCUT2D eigenvalue weighted by atomic mass is 32.2. The Kier molecular flexibility index (Phi) is 14.2. The molecule has 2 N–H and O–H groups in total. The first-order valence-electron chi connectivity index (χ1n) is 14.6. The predicted octanol–water partition coefficient (Wildman–Crippen LogP) is 8.27. The minimum Gasteiger partial charge on any atom is -0.508 e. The molecule has 0 aromatic heterocycles. The molecule has 0 fully saturated rings. The van der Waals surface area contributed by atoms with E-state index in [4.69, 9.17) is 9.47 Å². The van der Waals surface area contributed by atoms with Gasteiger partial charge in [-0.25, -0.2) is 0 Å². The molecule has 0 aliphatic carbocycles. The van der Waals surface area contributed by atoms with E-state index in [-0.39, 0.29) is 11.5 Å². The Morgan fingerprint density at radius 3 is 1.30 bits per heavy atom. The van der Waals surface area contributed by atoms with Gasteiger partial charge in [-0.1, -0.05) is 60.3 Å². The highest BCUT2D eigenvalue weighted by Crippen LogP contribution is 2.37. The Morgan fingerprint density at radius 1 is 0.512 bits per heavy atom. The molecule has 0 aliphatic heterocycles. The molecule has 4 aromatic rings. The van der Waals surface area contributed by atoms with Gasteiger partial charge in [0.2, 0.25) is 0 Å². The van der Waals surface area contributed by atoms with Crippen LogP contribution in [0.4, 0.5) is 0 Å².